The van der Waals surface area contributed by atoms with E-state index in [2.05, 4.69) is 18.9 Å². The van der Waals surface area contributed by atoms with Crippen LogP contribution < -0.4 is 0 Å². The molecule has 0 radical (unpaired) electrons. The van der Waals surface area contributed by atoms with Crippen LogP contribution in [0.4, 0.5) is 0 Å². The molecular formula is C28H48N2O4. The Hall–Kier alpha value is -1.92. The average molecular weight is 477 g/mol. The predicted octanol–water partition coefficient (Wildman–Crippen LogP) is 6.14. The van der Waals surface area contributed by atoms with Gasteiger partial charge in [0.25, 0.3) is 0 Å². The maximum atomic E-state index is 12.8. The molecule has 6 nitrogen and oxygen atoms in total. The van der Waals surface area contributed by atoms with Crippen LogP contribution in [0.25, 0.3) is 0 Å². The molecule has 0 aromatic heterocycles. The molecule has 1 rings (SSSR count). The number of carbonyl (C=O) groups is 2. The standard InChI is InChI=1S/C28H48N2O4/c1-6-7-21-29(5)22-16-11-9-8-10-15-19-26(31)30(23-20-27(32)34-28(2,3)4)33-24-25-17-13-12-14-18-25/h12-14,17-18H,6-11,15-16,19-24H2,1-5H3. The van der Waals surface area contributed by atoms with Crippen molar-refractivity contribution in [3.8, 4) is 0 Å². The van der Waals surface area contributed by atoms with E-state index < -0.39 is 5.60 Å². The molecule has 0 unspecified atom stereocenters. The summed E-state index contributed by atoms with van der Waals surface area (Å²) in [6.07, 6.45) is 9.79. The molecule has 34 heavy (non-hydrogen) atoms. The third-order valence-corrected chi connectivity index (χ3v) is 5.52. The number of benzene rings is 1. The van der Waals surface area contributed by atoms with E-state index in [1.165, 1.54) is 50.3 Å². The molecule has 6 heteroatoms. The van der Waals surface area contributed by atoms with Crippen molar-refractivity contribution in [2.45, 2.75) is 104 Å². The highest BCUT2D eigenvalue weighted by molar-refractivity contribution is 5.76. The summed E-state index contributed by atoms with van der Waals surface area (Å²) in [5, 5.41) is 1.35. The molecule has 1 aromatic rings. The topological polar surface area (TPSA) is 59.1 Å². The minimum absolute atomic E-state index is 0.0722. The third kappa shape index (κ3) is 15.8. The molecule has 0 fully saturated rings. The summed E-state index contributed by atoms with van der Waals surface area (Å²) in [6, 6.07) is 9.74. The summed E-state index contributed by atoms with van der Waals surface area (Å²) in [4.78, 5) is 33.1. The van der Waals surface area contributed by atoms with Gasteiger partial charge in [0.15, 0.2) is 0 Å². The first-order chi connectivity index (χ1) is 16.2. The minimum atomic E-state index is -0.540. The van der Waals surface area contributed by atoms with Gasteiger partial charge in [-0.25, -0.2) is 5.06 Å². The van der Waals surface area contributed by atoms with E-state index >= 15 is 0 Å². The second-order valence-corrected chi connectivity index (χ2v) is 10.1. The van der Waals surface area contributed by atoms with Crippen molar-refractivity contribution < 1.29 is 19.2 Å². The molecule has 0 aliphatic carbocycles. The van der Waals surface area contributed by atoms with Crippen LogP contribution in [0.2, 0.25) is 0 Å². The highest BCUT2D eigenvalue weighted by Crippen LogP contribution is 2.13. The van der Waals surface area contributed by atoms with Crippen molar-refractivity contribution >= 4 is 11.9 Å². The molecule has 0 saturated heterocycles. The number of ether oxygens (including phenoxy) is 1. The minimum Gasteiger partial charge on any atom is -0.460 e. The fourth-order valence-electron chi connectivity index (χ4n) is 3.60. The van der Waals surface area contributed by atoms with Gasteiger partial charge in [0.1, 0.15) is 12.2 Å². The lowest BCUT2D eigenvalue weighted by molar-refractivity contribution is -0.194. The zero-order valence-electron chi connectivity index (χ0n) is 22.3. The molecule has 1 amide bonds. The fourth-order valence-corrected chi connectivity index (χ4v) is 3.60. The fraction of sp³-hybridized carbons (Fsp3) is 0.714. The Morgan fingerprint density at radius 2 is 1.44 bits per heavy atom. The second-order valence-electron chi connectivity index (χ2n) is 10.1. The van der Waals surface area contributed by atoms with Gasteiger partial charge >= 0.3 is 5.97 Å². The first kappa shape index (κ1) is 30.1. The summed E-state index contributed by atoms with van der Waals surface area (Å²) in [5.74, 6) is -0.397. The average Bonchev–Trinajstić information content (AvgIpc) is 2.78. The second kappa shape index (κ2) is 17.5. The van der Waals surface area contributed by atoms with Gasteiger partial charge in [-0.05, 0) is 65.7 Å². The van der Waals surface area contributed by atoms with Gasteiger partial charge in [-0.1, -0.05) is 69.4 Å². The van der Waals surface area contributed by atoms with Gasteiger partial charge in [0.2, 0.25) is 5.91 Å². The van der Waals surface area contributed by atoms with Gasteiger partial charge in [-0.2, -0.15) is 0 Å². The number of unbranched alkanes of at least 4 members (excludes halogenated alkanes) is 6. The summed E-state index contributed by atoms with van der Waals surface area (Å²) < 4.78 is 5.37. The largest absolute Gasteiger partial charge is 0.460 e. The highest BCUT2D eigenvalue weighted by atomic mass is 16.7. The molecule has 1 aromatic carbocycles. The first-order valence-electron chi connectivity index (χ1n) is 13.1. The van der Waals surface area contributed by atoms with E-state index in [4.69, 9.17) is 9.57 Å². The Balaban J connectivity index is 2.34. The molecule has 0 spiro atoms. The summed E-state index contributed by atoms with van der Waals surface area (Å²) in [5.41, 5.74) is 0.444. The number of rotatable bonds is 18. The van der Waals surface area contributed by atoms with Crippen LogP contribution >= 0.6 is 0 Å². The van der Waals surface area contributed by atoms with Crippen LogP contribution in [0.1, 0.15) is 97.5 Å². The van der Waals surface area contributed by atoms with Crippen molar-refractivity contribution in [2.75, 3.05) is 26.7 Å². The lowest BCUT2D eigenvalue weighted by atomic mass is 10.1. The summed E-state index contributed by atoms with van der Waals surface area (Å²) in [7, 11) is 2.20. The Labute approximate surface area is 207 Å². The monoisotopic (exact) mass is 476 g/mol. The number of nitrogens with zero attached hydrogens (tertiary/aromatic N) is 2. The molecule has 0 saturated carbocycles. The van der Waals surface area contributed by atoms with E-state index in [1.54, 1.807) is 0 Å². The molecule has 0 aliphatic rings. The molecular weight excluding hydrogens is 428 g/mol. The molecule has 0 heterocycles. The lowest BCUT2D eigenvalue weighted by Crippen LogP contribution is -2.34. The number of hydrogen-bond donors (Lipinski definition) is 0. The van der Waals surface area contributed by atoms with Gasteiger partial charge < -0.3 is 9.64 Å². The molecule has 0 aliphatic heterocycles. The van der Waals surface area contributed by atoms with Crippen LogP contribution in [0.3, 0.4) is 0 Å². The van der Waals surface area contributed by atoms with E-state index in [0.29, 0.717) is 13.0 Å². The van der Waals surface area contributed by atoms with Gasteiger partial charge in [-0.15, -0.1) is 0 Å². The van der Waals surface area contributed by atoms with Crippen LogP contribution in [0, 0.1) is 0 Å². The number of esters is 1. The maximum absolute atomic E-state index is 12.8. The SMILES string of the molecule is CCCCN(C)CCCCCCCCC(=O)N(CCC(=O)OC(C)(C)C)OCc1ccccc1. The van der Waals surface area contributed by atoms with Crippen molar-refractivity contribution in [3.63, 3.8) is 0 Å². The Bertz CT molecular complexity index is 673. The van der Waals surface area contributed by atoms with E-state index in [-0.39, 0.29) is 24.8 Å². The third-order valence-electron chi connectivity index (χ3n) is 5.52. The van der Waals surface area contributed by atoms with Crippen molar-refractivity contribution in [3.05, 3.63) is 35.9 Å². The van der Waals surface area contributed by atoms with Crippen LogP contribution in [0.5, 0.6) is 0 Å². The zero-order valence-corrected chi connectivity index (χ0v) is 22.3. The zero-order chi connectivity index (χ0) is 25.2. The first-order valence-corrected chi connectivity index (χ1v) is 13.1. The molecule has 0 atom stereocenters. The molecule has 194 valence electrons. The quantitative estimate of drug-likeness (QED) is 0.145. The highest BCUT2D eigenvalue weighted by Gasteiger charge is 2.20. The predicted molar refractivity (Wildman–Crippen MR) is 138 cm³/mol. The van der Waals surface area contributed by atoms with Crippen molar-refractivity contribution in [2.24, 2.45) is 0 Å². The van der Waals surface area contributed by atoms with Gasteiger partial charge in [0, 0.05) is 6.42 Å². The van der Waals surface area contributed by atoms with E-state index in [0.717, 1.165) is 24.8 Å². The van der Waals surface area contributed by atoms with E-state index in [9.17, 15) is 9.59 Å². The Morgan fingerprint density at radius 1 is 0.824 bits per heavy atom. The van der Waals surface area contributed by atoms with E-state index in [1.807, 2.05) is 51.1 Å². The number of hydrogen-bond acceptors (Lipinski definition) is 5. The summed E-state index contributed by atoms with van der Waals surface area (Å²) in [6.45, 7) is 10.6. The molecule has 0 N–H and O–H groups in total. The maximum Gasteiger partial charge on any atom is 0.308 e. The Morgan fingerprint density at radius 3 is 2.09 bits per heavy atom. The summed E-state index contributed by atoms with van der Waals surface area (Å²) >= 11 is 0. The smallest absolute Gasteiger partial charge is 0.308 e. The van der Waals surface area contributed by atoms with Gasteiger partial charge in [0.05, 0.1) is 13.0 Å². The van der Waals surface area contributed by atoms with Crippen molar-refractivity contribution in [1.29, 1.82) is 0 Å². The number of hydroxylamine groups is 2. The van der Waals surface area contributed by atoms with Crippen molar-refractivity contribution in [1.82, 2.24) is 9.96 Å². The van der Waals surface area contributed by atoms with Crippen LogP contribution in [0.15, 0.2) is 30.3 Å². The lowest BCUT2D eigenvalue weighted by Gasteiger charge is -2.24. The van der Waals surface area contributed by atoms with Crippen LogP contribution in [-0.2, 0) is 25.8 Å². The number of amides is 1. The van der Waals surface area contributed by atoms with Crippen LogP contribution in [-0.4, -0.2) is 54.1 Å². The number of carbonyl (C=O) groups excluding carboxylic acids is 2. The van der Waals surface area contributed by atoms with Gasteiger partial charge in [-0.3, -0.25) is 14.4 Å². The Kier molecular flexibility index (Phi) is 15.5. The molecule has 0 bridgehead atoms. The normalized spacial score (nSPS) is 11.6.